The summed E-state index contributed by atoms with van der Waals surface area (Å²) >= 11 is 1.28. The van der Waals surface area contributed by atoms with Crippen molar-refractivity contribution in [2.24, 2.45) is 5.41 Å². The predicted octanol–water partition coefficient (Wildman–Crippen LogP) is 3.40. The number of allylic oxidation sites excluding steroid dienone is 1. The highest BCUT2D eigenvalue weighted by atomic mass is 32.2. The molecule has 0 aliphatic heterocycles. The monoisotopic (exact) mass is 437 g/mol. The van der Waals surface area contributed by atoms with E-state index in [-0.39, 0.29) is 31.0 Å². The van der Waals surface area contributed by atoms with E-state index in [0.29, 0.717) is 24.3 Å². The number of aromatic nitrogens is 1. The molecule has 0 aliphatic carbocycles. The van der Waals surface area contributed by atoms with Gasteiger partial charge in [0, 0.05) is 35.2 Å². The maximum Gasteiger partial charge on any atom is 0.312 e. The summed E-state index contributed by atoms with van der Waals surface area (Å²) in [5.41, 5.74) is 7.54. The van der Waals surface area contributed by atoms with Crippen molar-refractivity contribution in [3.05, 3.63) is 34.0 Å². The van der Waals surface area contributed by atoms with Gasteiger partial charge in [0.25, 0.3) is 0 Å². The SMILES string of the molecule is CC(=O)OCCC(SCOC(=O)C(C)(C)C)=C(C)N(C=O)Cc1ccc(C)nc1N. The first-order valence-electron chi connectivity index (χ1n) is 9.52. The highest BCUT2D eigenvalue weighted by Crippen LogP contribution is 2.28. The molecule has 0 aliphatic rings. The second-order valence-corrected chi connectivity index (χ2v) is 8.79. The van der Waals surface area contributed by atoms with Gasteiger partial charge in [-0.2, -0.15) is 0 Å². The zero-order chi connectivity index (χ0) is 22.9. The predicted molar refractivity (Wildman–Crippen MR) is 117 cm³/mol. The fourth-order valence-electron chi connectivity index (χ4n) is 2.33. The number of nitrogens with zero attached hydrogens (tertiary/aromatic N) is 2. The number of carbonyl (C=O) groups excluding carboxylic acids is 3. The summed E-state index contributed by atoms with van der Waals surface area (Å²) in [4.78, 5) is 41.4. The van der Waals surface area contributed by atoms with Gasteiger partial charge in [-0.1, -0.05) is 17.8 Å². The van der Waals surface area contributed by atoms with Gasteiger partial charge in [0.05, 0.1) is 18.6 Å². The Morgan fingerprint density at radius 2 is 1.90 bits per heavy atom. The molecule has 0 unspecified atom stereocenters. The molecule has 1 amide bonds. The first-order chi connectivity index (χ1) is 14.0. The summed E-state index contributed by atoms with van der Waals surface area (Å²) in [5.74, 6) is -0.258. The minimum Gasteiger partial charge on any atom is -0.466 e. The van der Waals surface area contributed by atoms with Gasteiger partial charge >= 0.3 is 11.9 Å². The summed E-state index contributed by atoms with van der Waals surface area (Å²) in [6.45, 7) is 10.7. The standard InChI is InChI=1S/C21H31N3O5S/c1-14-7-8-17(19(22)23-14)11-24(12-25)15(2)18(9-10-28-16(3)26)30-13-29-20(27)21(4,5)6/h7-8,12H,9-11,13H2,1-6H3,(H2,22,23). The van der Waals surface area contributed by atoms with Gasteiger partial charge in [-0.15, -0.1) is 0 Å². The third-order valence-electron chi connectivity index (χ3n) is 4.12. The molecule has 0 saturated carbocycles. The Morgan fingerprint density at radius 3 is 2.43 bits per heavy atom. The normalized spacial score (nSPS) is 12.1. The minimum absolute atomic E-state index is 0.0871. The second-order valence-electron chi connectivity index (χ2n) is 7.77. The van der Waals surface area contributed by atoms with E-state index in [9.17, 15) is 14.4 Å². The molecule has 2 N–H and O–H groups in total. The van der Waals surface area contributed by atoms with E-state index in [1.165, 1.54) is 23.6 Å². The van der Waals surface area contributed by atoms with Crippen LogP contribution >= 0.6 is 11.8 Å². The Balaban J connectivity index is 3.00. The van der Waals surface area contributed by atoms with E-state index < -0.39 is 5.41 Å². The molecule has 0 fully saturated rings. The Labute approximate surface area is 182 Å². The average molecular weight is 438 g/mol. The number of amides is 1. The summed E-state index contributed by atoms with van der Waals surface area (Å²) in [6.07, 6.45) is 1.09. The molecule has 0 bridgehead atoms. The number of pyridine rings is 1. The van der Waals surface area contributed by atoms with Gasteiger partial charge in [-0.3, -0.25) is 14.4 Å². The number of ether oxygens (including phenoxy) is 2. The summed E-state index contributed by atoms with van der Waals surface area (Å²) in [5, 5.41) is 0. The number of rotatable bonds is 10. The van der Waals surface area contributed by atoms with Crippen molar-refractivity contribution in [1.29, 1.82) is 0 Å². The molecular formula is C21H31N3O5S. The van der Waals surface area contributed by atoms with Gasteiger partial charge in [0.15, 0.2) is 0 Å². The smallest absolute Gasteiger partial charge is 0.312 e. The molecular weight excluding hydrogens is 406 g/mol. The van der Waals surface area contributed by atoms with Crippen LogP contribution in [-0.2, 0) is 30.4 Å². The van der Waals surface area contributed by atoms with Crippen molar-refractivity contribution < 1.29 is 23.9 Å². The lowest BCUT2D eigenvalue weighted by Crippen LogP contribution is -2.23. The summed E-state index contributed by atoms with van der Waals surface area (Å²) < 4.78 is 10.4. The molecule has 0 atom stereocenters. The Morgan fingerprint density at radius 1 is 1.23 bits per heavy atom. The maximum absolute atomic E-state index is 12.0. The highest BCUT2D eigenvalue weighted by molar-refractivity contribution is 8.02. The highest BCUT2D eigenvalue weighted by Gasteiger charge is 2.23. The van der Waals surface area contributed by atoms with Crippen molar-refractivity contribution in [3.63, 3.8) is 0 Å². The zero-order valence-corrected chi connectivity index (χ0v) is 19.3. The molecule has 1 aromatic rings. The lowest BCUT2D eigenvalue weighted by Gasteiger charge is -2.23. The number of anilines is 1. The number of thioether (sulfide) groups is 1. The fourth-order valence-corrected chi connectivity index (χ4v) is 3.20. The molecule has 9 heteroatoms. The first kappa shape index (κ1) is 25.5. The van der Waals surface area contributed by atoms with E-state index in [2.05, 4.69) is 4.98 Å². The van der Waals surface area contributed by atoms with Crippen LogP contribution in [0.2, 0.25) is 0 Å². The Bertz CT molecular complexity index is 802. The molecule has 8 nitrogen and oxygen atoms in total. The van der Waals surface area contributed by atoms with Crippen LogP contribution < -0.4 is 5.73 Å². The second kappa shape index (κ2) is 11.6. The quantitative estimate of drug-likeness (QED) is 0.337. The van der Waals surface area contributed by atoms with Crippen LogP contribution in [-0.4, -0.2) is 40.8 Å². The Kier molecular flexibility index (Phi) is 9.84. The number of carbonyl (C=O) groups is 3. The summed E-state index contributed by atoms with van der Waals surface area (Å²) in [7, 11) is 0. The molecule has 0 saturated heterocycles. The topological polar surface area (TPSA) is 112 Å². The molecule has 166 valence electrons. The average Bonchev–Trinajstić information content (AvgIpc) is 2.64. The number of esters is 2. The van der Waals surface area contributed by atoms with Gasteiger partial charge in [-0.05, 0) is 40.7 Å². The summed E-state index contributed by atoms with van der Waals surface area (Å²) in [6, 6.07) is 3.66. The first-order valence-corrected chi connectivity index (χ1v) is 10.5. The van der Waals surface area contributed by atoms with Gasteiger partial charge in [0.2, 0.25) is 6.41 Å². The van der Waals surface area contributed by atoms with Crippen molar-refractivity contribution in [1.82, 2.24) is 9.88 Å². The van der Waals surface area contributed by atoms with E-state index >= 15 is 0 Å². The van der Waals surface area contributed by atoms with Crippen LogP contribution in [0.1, 0.15) is 52.3 Å². The largest absolute Gasteiger partial charge is 0.466 e. The van der Waals surface area contributed by atoms with E-state index in [0.717, 1.165) is 16.2 Å². The maximum atomic E-state index is 12.0. The van der Waals surface area contributed by atoms with E-state index in [1.54, 1.807) is 27.7 Å². The van der Waals surface area contributed by atoms with E-state index in [1.807, 2.05) is 19.1 Å². The minimum atomic E-state index is -0.609. The molecule has 0 radical (unpaired) electrons. The number of hydrogen-bond acceptors (Lipinski definition) is 8. The van der Waals surface area contributed by atoms with Crippen molar-refractivity contribution >= 4 is 35.9 Å². The van der Waals surface area contributed by atoms with Crippen LogP contribution in [0.25, 0.3) is 0 Å². The molecule has 1 heterocycles. The molecule has 30 heavy (non-hydrogen) atoms. The lowest BCUT2D eigenvalue weighted by molar-refractivity contribution is -0.150. The van der Waals surface area contributed by atoms with Crippen molar-refractivity contribution in [2.75, 3.05) is 18.3 Å². The Hall–Kier alpha value is -2.55. The fraction of sp³-hybridized carbons (Fsp3) is 0.524. The van der Waals surface area contributed by atoms with Crippen LogP contribution in [0.15, 0.2) is 22.7 Å². The van der Waals surface area contributed by atoms with Crippen LogP contribution in [0, 0.1) is 12.3 Å². The van der Waals surface area contributed by atoms with Crippen LogP contribution in [0.4, 0.5) is 5.82 Å². The van der Waals surface area contributed by atoms with Crippen molar-refractivity contribution in [3.8, 4) is 0 Å². The van der Waals surface area contributed by atoms with Gasteiger partial charge in [0.1, 0.15) is 11.8 Å². The van der Waals surface area contributed by atoms with Gasteiger partial charge < -0.3 is 20.1 Å². The third-order valence-corrected chi connectivity index (χ3v) is 5.21. The molecule has 0 aromatic carbocycles. The zero-order valence-electron chi connectivity index (χ0n) is 18.5. The van der Waals surface area contributed by atoms with Crippen LogP contribution in [0.3, 0.4) is 0 Å². The molecule has 0 spiro atoms. The lowest BCUT2D eigenvalue weighted by atomic mass is 9.98. The van der Waals surface area contributed by atoms with Crippen molar-refractivity contribution in [2.45, 2.75) is 54.5 Å². The van der Waals surface area contributed by atoms with E-state index in [4.69, 9.17) is 15.2 Å². The third kappa shape index (κ3) is 8.44. The molecule has 1 rings (SSSR count). The number of hydrogen-bond donors (Lipinski definition) is 1. The number of aryl methyl sites for hydroxylation is 1. The van der Waals surface area contributed by atoms with Crippen LogP contribution in [0.5, 0.6) is 0 Å². The number of nitrogens with two attached hydrogens (primary N) is 1. The number of nitrogen functional groups attached to an aromatic ring is 1. The molecule has 1 aromatic heterocycles. The van der Waals surface area contributed by atoms with Gasteiger partial charge in [-0.25, -0.2) is 4.98 Å².